The molecule has 0 aliphatic carbocycles. The largest absolute Gasteiger partial charge is 0.244 e. The molecule has 3 aromatic rings. The Morgan fingerprint density at radius 2 is 2.00 bits per heavy atom. The minimum atomic E-state index is 0.773. The Balaban J connectivity index is 1.81. The highest BCUT2D eigenvalue weighted by molar-refractivity contribution is 7.98. The van der Waals surface area contributed by atoms with Crippen molar-refractivity contribution in [2.45, 2.75) is 17.7 Å². The Bertz CT molecular complexity index is 695. The summed E-state index contributed by atoms with van der Waals surface area (Å²) in [5.74, 6) is 1.64. The van der Waals surface area contributed by atoms with Gasteiger partial charge in [0.2, 0.25) is 0 Å². The number of aryl methyl sites for hydroxylation is 1. The van der Waals surface area contributed by atoms with E-state index in [9.17, 15) is 0 Å². The van der Waals surface area contributed by atoms with E-state index < -0.39 is 0 Å². The van der Waals surface area contributed by atoms with E-state index in [0.29, 0.717) is 0 Å². The van der Waals surface area contributed by atoms with Crippen molar-refractivity contribution < 1.29 is 0 Å². The van der Waals surface area contributed by atoms with E-state index in [4.69, 9.17) is 0 Å². The van der Waals surface area contributed by atoms with Crippen LogP contribution in [0.1, 0.15) is 11.1 Å². The highest BCUT2D eigenvalue weighted by Crippen LogP contribution is 2.25. The molecule has 0 amide bonds. The Morgan fingerprint density at radius 3 is 2.80 bits per heavy atom. The third-order valence-electron chi connectivity index (χ3n) is 2.83. The molecule has 20 heavy (non-hydrogen) atoms. The smallest absolute Gasteiger partial charge is 0.186 e. The van der Waals surface area contributed by atoms with Crippen LogP contribution >= 0.6 is 11.8 Å². The van der Waals surface area contributed by atoms with Gasteiger partial charge in [0.1, 0.15) is 5.03 Å². The van der Waals surface area contributed by atoms with Crippen molar-refractivity contribution in [1.82, 2.24) is 19.7 Å². The normalized spacial score (nSPS) is 10.7. The summed E-state index contributed by atoms with van der Waals surface area (Å²) in [7, 11) is 0. The predicted octanol–water partition coefficient (Wildman–Crippen LogP) is 3.26. The zero-order valence-corrected chi connectivity index (χ0v) is 11.9. The maximum atomic E-state index is 4.41. The maximum absolute atomic E-state index is 4.41. The lowest BCUT2D eigenvalue weighted by Crippen LogP contribution is -2.01. The van der Waals surface area contributed by atoms with Gasteiger partial charge in [0.15, 0.2) is 5.82 Å². The second-order valence-electron chi connectivity index (χ2n) is 4.41. The fraction of sp³-hybridized carbons (Fsp3) is 0.133. The number of hydrogen-bond acceptors (Lipinski definition) is 4. The molecule has 0 atom stereocenters. The van der Waals surface area contributed by atoms with Gasteiger partial charge >= 0.3 is 0 Å². The molecule has 0 bridgehead atoms. The topological polar surface area (TPSA) is 43.6 Å². The molecule has 4 nitrogen and oxygen atoms in total. The van der Waals surface area contributed by atoms with E-state index in [-0.39, 0.29) is 0 Å². The molecular formula is C15H14N4S. The Hall–Kier alpha value is -2.14. The van der Waals surface area contributed by atoms with Crippen molar-refractivity contribution in [3.63, 3.8) is 0 Å². The summed E-state index contributed by atoms with van der Waals surface area (Å²) in [6.45, 7) is 2.10. The number of benzene rings is 1. The van der Waals surface area contributed by atoms with Gasteiger partial charge in [-0.2, -0.15) is 5.10 Å². The molecule has 0 aliphatic heterocycles. The van der Waals surface area contributed by atoms with Crippen LogP contribution in [-0.4, -0.2) is 19.7 Å². The summed E-state index contributed by atoms with van der Waals surface area (Å²) < 4.78 is 1.74. The van der Waals surface area contributed by atoms with Crippen molar-refractivity contribution >= 4 is 11.8 Å². The number of rotatable bonds is 4. The molecule has 0 radical (unpaired) electrons. The standard InChI is InChI=1S/C15H14N4S/c1-12-4-2-5-13(10-12)11-20-15-14(16-7-8-17-15)19-9-3-6-18-19/h2-10H,11H2,1H3. The minimum Gasteiger partial charge on any atom is -0.244 e. The monoisotopic (exact) mass is 282 g/mol. The molecule has 0 saturated heterocycles. The van der Waals surface area contributed by atoms with E-state index >= 15 is 0 Å². The number of aromatic nitrogens is 4. The van der Waals surface area contributed by atoms with Crippen LogP contribution in [0.25, 0.3) is 5.82 Å². The third kappa shape index (κ3) is 2.88. The molecule has 0 fully saturated rings. The Kier molecular flexibility index (Phi) is 3.78. The summed E-state index contributed by atoms with van der Waals surface area (Å²) >= 11 is 1.67. The predicted molar refractivity (Wildman–Crippen MR) is 79.9 cm³/mol. The summed E-state index contributed by atoms with van der Waals surface area (Å²) in [5.41, 5.74) is 2.56. The maximum Gasteiger partial charge on any atom is 0.186 e. The first kappa shape index (κ1) is 12.9. The van der Waals surface area contributed by atoms with Crippen LogP contribution < -0.4 is 0 Å². The van der Waals surface area contributed by atoms with E-state index in [1.807, 2.05) is 12.3 Å². The molecule has 100 valence electrons. The molecular weight excluding hydrogens is 268 g/mol. The van der Waals surface area contributed by atoms with Gasteiger partial charge in [0, 0.05) is 30.5 Å². The average Bonchev–Trinajstić information content (AvgIpc) is 3.00. The van der Waals surface area contributed by atoms with Gasteiger partial charge in [-0.1, -0.05) is 41.6 Å². The van der Waals surface area contributed by atoms with Crippen molar-refractivity contribution in [2.75, 3.05) is 0 Å². The summed E-state index contributed by atoms with van der Waals surface area (Å²) in [6.07, 6.45) is 7.02. The fourth-order valence-electron chi connectivity index (χ4n) is 1.92. The molecule has 0 spiro atoms. The molecule has 3 rings (SSSR count). The van der Waals surface area contributed by atoms with Crippen LogP contribution in [0.4, 0.5) is 0 Å². The molecule has 0 unspecified atom stereocenters. The third-order valence-corrected chi connectivity index (χ3v) is 3.87. The van der Waals surface area contributed by atoms with Crippen LogP contribution in [0.15, 0.2) is 60.1 Å². The molecule has 0 aliphatic rings. The van der Waals surface area contributed by atoms with Crippen molar-refractivity contribution in [3.8, 4) is 5.82 Å². The van der Waals surface area contributed by atoms with Crippen LogP contribution in [-0.2, 0) is 5.75 Å². The Labute approximate surface area is 121 Å². The summed E-state index contributed by atoms with van der Waals surface area (Å²) in [6, 6.07) is 10.4. The summed E-state index contributed by atoms with van der Waals surface area (Å²) in [4.78, 5) is 8.78. The van der Waals surface area contributed by atoms with E-state index in [2.05, 4.69) is 46.3 Å². The number of thioether (sulfide) groups is 1. The first-order valence-corrected chi connectivity index (χ1v) is 7.31. The first-order chi connectivity index (χ1) is 9.83. The lowest BCUT2D eigenvalue weighted by atomic mass is 10.2. The van der Waals surface area contributed by atoms with Gasteiger partial charge in [0.05, 0.1) is 0 Å². The molecule has 0 N–H and O–H groups in total. The number of nitrogens with zero attached hydrogens (tertiary/aromatic N) is 4. The lowest BCUT2D eigenvalue weighted by Gasteiger charge is -2.07. The highest BCUT2D eigenvalue weighted by atomic mass is 32.2. The average molecular weight is 282 g/mol. The molecule has 5 heteroatoms. The summed E-state index contributed by atoms with van der Waals surface area (Å²) in [5, 5.41) is 5.10. The van der Waals surface area contributed by atoms with Crippen molar-refractivity contribution in [2.24, 2.45) is 0 Å². The Morgan fingerprint density at radius 1 is 1.10 bits per heavy atom. The van der Waals surface area contributed by atoms with Crippen molar-refractivity contribution in [3.05, 3.63) is 66.2 Å². The molecule has 2 aromatic heterocycles. The molecule has 0 saturated carbocycles. The van der Waals surface area contributed by atoms with Crippen LogP contribution in [0.2, 0.25) is 0 Å². The van der Waals surface area contributed by atoms with Gasteiger partial charge < -0.3 is 0 Å². The van der Waals surface area contributed by atoms with Crippen LogP contribution in [0.3, 0.4) is 0 Å². The second kappa shape index (κ2) is 5.88. The van der Waals surface area contributed by atoms with Crippen molar-refractivity contribution in [1.29, 1.82) is 0 Å². The SMILES string of the molecule is Cc1cccc(CSc2nccnc2-n2cccn2)c1. The van der Waals surface area contributed by atoms with Gasteiger partial charge in [-0.3, -0.25) is 0 Å². The fourth-order valence-corrected chi connectivity index (χ4v) is 2.82. The van der Waals surface area contributed by atoms with E-state index in [1.165, 1.54) is 11.1 Å². The second-order valence-corrected chi connectivity index (χ2v) is 5.38. The minimum absolute atomic E-state index is 0.773. The lowest BCUT2D eigenvalue weighted by molar-refractivity contribution is 0.802. The molecule has 2 heterocycles. The van der Waals surface area contributed by atoms with Gasteiger partial charge in [-0.05, 0) is 18.6 Å². The quantitative estimate of drug-likeness (QED) is 0.689. The molecule has 1 aromatic carbocycles. The first-order valence-electron chi connectivity index (χ1n) is 6.32. The van der Waals surface area contributed by atoms with Gasteiger partial charge in [0.25, 0.3) is 0 Å². The van der Waals surface area contributed by atoms with E-state index in [0.717, 1.165) is 16.6 Å². The number of hydrogen-bond donors (Lipinski definition) is 0. The van der Waals surface area contributed by atoms with Gasteiger partial charge in [-0.25, -0.2) is 14.6 Å². The zero-order chi connectivity index (χ0) is 13.8. The van der Waals surface area contributed by atoms with E-state index in [1.54, 1.807) is 35.0 Å². The van der Waals surface area contributed by atoms with Crippen LogP contribution in [0, 0.1) is 6.92 Å². The zero-order valence-electron chi connectivity index (χ0n) is 11.1. The highest BCUT2D eigenvalue weighted by Gasteiger charge is 2.08. The van der Waals surface area contributed by atoms with Crippen LogP contribution in [0.5, 0.6) is 0 Å². The van der Waals surface area contributed by atoms with Gasteiger partial charge in [-0.15, -0.1) is 0 Å².